The molecule has 0 unspecified atom stereocenters. The van der Waals surface area contributed by atoms with E-state index in [4.69, 9.17) is 14.2 Å². The van der Waals surface area contributed by atoms with E-state index in [1.807, 2.05) is 6.07 Å². The molecule has 4 rings (SSSR count). The number of hydrogen-bond acceptors (Lipinski definition) is 15. The first-order chi connectivity index (χ1) is 25.6. The van der Waals surface area contributed by atoms with Crippen molar-refractivity contribution in [1.82, 2.24) is 45.7 Å². The molecule has 2 aromatic carbocycles. The normalized spacial score (nSPS) is 12.3. The number of carbonyl (C=O) groups excluding carboxylic acids is 6. The number of alkyl carbamates (subject to hydrolysis) is 1. The van der Waals surface area contributed by atoms with Gasteiger partial charge in [-0.05, 0) is 96.5 Å². The van der Waals surface area contributed by atoms with E-state index < -0.39 is 71.4 Å². The van der Waals surface area contributed by atoms with E-state index in [0.29, 0.717) is 9.59 Å². The molecular weight excluding hydrogens is 716 g/mol. The lowest BCUT2D eigenvalue weighted by molar-refractivity contribution is -0.152. The predicted octanol–water partition coefficient (Wildman–Crippen LogP) is 3.53. The SMILES string of the molecule is CC(C)(C)OC(=O)N[C@@H](Cc1ccccc1)C(=O)Nc1cc(-c2nnn(C(=O)COC(=O)C(C)(C)C)n2)cc(-c2nnn(C(=O)COC(=O)C(C)(C)C)n2)c1. The molecule has 0 spiro atoms. The Morgan fingerprint density at radius 3 is 1.60 bits per heavy atom. The number of carbonyl (C=O) groups is 6. The zero-order chi connectivity index (χ0) is 40.7. The molecule has 0 fully saturated rings. The quantitative estimate of drug-likeness (QED) is 0.164. The Balaban J connectivity index is 1.67. The summed E-state index contributed by atoms with van der Waals surface area (Å²) in [5, 5.41) is 29.2. The van der Waals surface area contributed by atoms with Gasteiger partial charge in [0.2, 0.25) is 17.6 Å². The molecule has 292 valence electrons. The standard InChI is InChI=1S/C36H44N10O9/c1-34(2,3)31(50)53-19-26(47)45-41-28(39-43-45)22-16-23(29-40-44-46(42-29)27(48)20-54-32(51)35(4,5)6)18-24(17-22)37-30(49)25(15-21-13-11-10-12-14-21)38-33(52)55-36(7,8)9/h10-14,16-18,25H,15,19-20H2,1-9H3,(H,37,49)(H,38,52)/t25-/m0/s1. The molecule has 55 heavy (non-hydrogen) atoms. The number of benzene rings is 2. The van der Waals surface area contributed by atoms with Crippen molar-refractivity contribution in [3.63, 3.8) is 0 Å². The summed E-state index contributed by atoms with van der Waals surface area (Å²) in [6, 6.07) is 12.4. The Hall–Kier alpha value is -6.40. The highest BCUT2D eigenvalue weighted by molar-refractivity contribution is 5.98. The van der Waals surface area contributed by atoms with E-state index in [2.05, 4.69) is 41.5 Å². The smallest absolute Gasteiger partial charge is 0.408 e. The molecule has 0 aliphatic rings. The molecule has 0 radical (unpaired) electrons. The molecule has 2 aromatic heterocycles. The third kappa shape index (κ3) is 12.1. The number of anilines is 1. The van der Waals surface area contributed by atoms with Crippen LogP contribution in [0.4, 0.5) is 10.5 Å². The van der Waals surface area contributed by atoms with Crippen LogP contribution in [0.3, 0.4) is 0 Å². The van der Waals surface area contributed by atoms with Gasteiger partial charge in [-0.25, -0.2) is 4.79 Å². The van der Waals surface area contributed by atoms with Gasteiger partial charge in [0, 0.05) is 23.2 Å². The van der Waals surface area contributed by atoms with Gasteiger partial charge < -0.3 is 24.8 Å². The minimum Gasteiger partial charge on any atom is -0.455 e. The molecule has 0 aliphatic heterocycles. The summed E-state index contributed by atoms with van der Waals surface area (Å²) < 4.78 is 15.6. The highest BCUT2D eigenvalue weighted by atomic mass is 16.6. The summed E-state index contributed by atoms with van der Waals surface area (Å²) in [5.74, 6) is -3.57. The van der Waals surface area contributed by atoms with Crippen molar-refractivity contribution < 1.29 is 43.0 Å². The number of nitrogens with one attached hydrogen (secondary N) is 2. The second-order valence-corrected chi connectivity index (χ2v) is 15.4. The minimum atomic E-state index is -1.11. The number of amides is 2. The van der Waals surface area contributed by atoms with E-state index in [1.165, 1.54) is 18.2 Å². The Morgan fingerprint density at radius 2 is 1.16 bits per heavy atom. The minimum absolute atomic E-state index is 0.0851. The third-order valence-electron chi connectivity index (χ3n) is 7.16. The van der Waals surface area contributed by atoms with Crippen LogP contribution in [0.15, 0.2) is 48.5 Å². The van der Waals surface area contributed by atoms with Crippen LogP contribution in [0.25, 0.3) is 22.8 Å². The van der Waals surface area contributed by atoms with Crippen molar-refractivity contribution in [2.75, 3.05) is 18.5 Å². The number of esters is 2. The number of rotatable bonds is 11. The van der Waals surface area contributed by atoms with Gasteiger partial charge in [-0.15, -0.1) is 20.4 Å². The maximum absolute atomic E-state index is 13.8. The fourth-order valence-electron chi connectivity index (χ4n) is 4.37. The van der Waals surface area contributed by atoms with Crippen LogP contribution in [0.5, 0.6) is 0 Å². The summed E-state index contributed by atoms with van der Waals surface area (Å²) in [6.45, 7) is 13.6. The Kier molecular flexibility index (Phi) is 12.6. The number of ether oxygens (including phenoxy) is 3. The molecule has 2 N–H and O–H groups in total. The van der Waals surface area contributed by atoms with E-state index in [1.54, 1.807) is 86.6 Å². The molecule has 0 saturated carbocycles. The van der Waals surface area contributed by atoms with Gasteiger partial charge in [0.25, 0.3) is 0 Å². The maximum Gasteiger partial charge on any atom is 0.408 e. The zero-order valence-electron chi connectivity index (χ0n) is 32.1. The molecule has 0 bridgehead atoms. The first-order valence-electron chi connectivity index (χ1n) is 17.1. The number of aromatic nitrogens is 8. The zero-order valence-corrected chi connectivity index (χ0v) is 32.1. The lowest BCUT2D eigenvalue weighted by Crippen LogP contribution is -2.47. The Labute approximate surface area is 316 Å². The molecular formula is C36H44N10O9. The van der Waals surface area contributed by atoms with Crippen molar-refractivity contribution in [2.24, 2.45) is 10.8 Å². The third-order valence-corrected chi connectivity index (χ3v) is 7.16. The van der Waals surface area contributed by atoms with Crippen LogP contribution in [0.2, 0.25) is 0 Å². The Morgan fingerprint density at radius 1 is 0.691 bits per heavy atom. The van der Waals surface area contributed by atoms with Crippen LogP contribution in [0, 0.1) is 10.8 Å². The highest BCUT2D eigenvalue weighted by Crippen LogP contribution is 2.27. The van der Waals surface area contributed by atoms with E-state index in [9.17, 15) is 28.8 Å². The molecule has 19 nitrogen and oxygen atoms in total. The summed E-state index contributed by atoms with van der Waals surface area (Å²) in [5.41, 5.74) is -1.21. The average Bonchev–Trinajstić information content (AvgIpc) is 3.79. The first kappa shape index (κ1) is 41.4. The van der Waals surface area contributed by atoms with Crippen LogP contribution < -0.4 is 10.6 Å². The van der Waals surface area contributed by atoms with E-state index >= 15 is 0 Å². The van der Waals surface area contributed by atoms with Gasteiger partial charge in [-0.3, -0.25) is 24.0 Å². The van der Waals surface area contributed by atoms with Crippen LogP contribution >= 0.6 is 0 Å². The van der Waals surface area contributed by atoms with Crippen molar-refractivity contribution in [1.29, 1.82) is 0 Å². The molecule has 19 heteroatoms. The van der Waals surface area contributed by atoms with Crippen LogP contribution in [-0.2, 0) is 35.0 Å². The fourth-order valence-corrected chi connectivity index (χ4v) is 4.37. The molecule has 4 aromatic rings. The first-order valence-corrected chi connectivity index (χ1v) is 17.1. The van der Waals surface area contributed by atoms with Crippen LogP contribution in [0.1, 0.15) is 77.5 Å². The predicted molar refractivity (Wildman–Crippen MR) is 194 cm³/mol. The maximum atomic E-state index is 13.8. The average molecular weight is 761 g/mol. The fraction of sp³-hybridized carbons (Fsp3) is 0.444. The topological polar surface area (TPSA) is 241 Å². The highest BCUT2D eigenvalue weighted by Gasteiger charge is 2.28. The lowest BCUT2D eigenvalue weighted by Gasteiger charge is -2.23. The molecule has 0 saturated heterocycles. The second-order valence-electron chi connectivity index (χ2n) is 15.4. The van der Waals surface area contributed by atoms with Gasteiger partial charge >= 0.3 is 29.8 Å². The summed E-state index contributed by atoms with van der Waals surface area (Å²) in [6.07, 6.45) is -0.705. The second kappa shape index (κ2) is 16.7. The summed E-state index contributed by atoms with van der Waals surface area (Å²) >= 11 is 0. The van der Waals surface area contributed by atoms with Gasteiger partial charge in [-0.2, -0.15) is 0 Å². The van der Waals surface area contributed by atoms with Crippen molar-refractivity contribution in [3.05, 3.63) is 54.1 Å². The molecule has 0 aliphatic carbocycles. The van der Waals surface area contributed by atoms with Gasteiger partial charge in [0.15, 0.2) is 13.2 Å². The van der Waals surface area contributed by atoms with E-state index in [0.717, 1.165) is 5.56 Å². The molecule has 2 heterocycles. The Bertz CT molecular complexity index is 1960. The monoisotopic (exact) mass is 760 g/mol. The van der Waals surface area contributed by atoms with Gasteiger partial charge in [0.1, 0.15) is 11.6 Å². The van der Waals surface area contributed by atoms with Crippen LogP contribution in [-0.4, -0.2) is 101 Å². The number of tetrazole rings is 2. The van der Waals surface area contributed by atoms with Gasteiger partial charge in [0.05, 0.1) is 10.8 Å². The van der Waals surface area contributed by atoms with E-state index in [-0.39, 0.29) is 34.9 Å². The molecule has 2 amide bonds. The van der Waals surface area contributed by atoms with Crippen molar-refractivity contribution in [2.45, 2.75) is 80.4 Å². The number of nitrogens with zero attached hydrogens (tertiary/aromatic N) is 8. The number of hydrogen-bond donors (Lipinski definition) is 2. The summed E-state index contributed by atoms with van der Waals surface area (Å²) in [4.78, 5) is 77.8. The van der Waals surface area contributed by atoms with Gasteiger partial charge in [-0.1, -0.05) is 39.9 Å². The van der Waals surface area contributed by atoms with Crippen molar-refractivity contribution in [3.8, 4) is 22.8 Å². The largest absolute Gasteiger partial charge is 0.455 e. The molecule has 1 atom stereocenters. The van der Waals surface area contributed by atoms with Crippen molar-refractivity contribution >= 4 is 41.4 Å². The lowest BCUT2D eigenvalue weighted by atomic mass is 9.97. The summed E-state index contributed by atoms with van der Waals surface area (Å²) in [7, 11) is 0.